The fourth-order valence-electron chi connectivity index (χ4n) is 2.38. The van der Waals surface area contributed by atoms with Crippen molar-refractivity contribution < 1.29 is 31.8 Å². The van der Waals surface area contributed by atoms with Crippen molar-refractivity contribution in [2.45, 2.75) is 39.4 Å². The number of rotatable bonds is 11. The molecule has 1 N–H and O–H groups in total. The summed E-state index contributed by atoms with van der Waals surface area (Å²) in [6.07, 6.45) is 4.89. The Balaban J connectivity index is 1.84. The number of aromatic nitrogens is 1. The third kappa shape index (κ3) is 8.51. The van der Waals surface area contributed by atoms with E-state index < -0.39 is 19.1 Å². The van der Waals surface area contributed by atoms with Gasteiger partial charge in [0.05, 0.1) is 5.01 Å². The molecule has 0 atom stereocenters. The number of hydrogen-bond donors (Lipinski definition) is 1. The van der Waals surface area contributed by atoms with Gasteiger partial charge in [0.1, 0.15) is 11.5 Å². The lowest BCUT2D eigenvalue weighted by atomic mass is 10.1. The zero-order chi connectivity index (χ0) is 21.2. The van der Waals surface area contributed by atoms with E-state index in [1.165, 1.54) is 18.2 Å². The third-order valence-electron chi connectivity index (χ3n) is 3.62. The Bertz CT molecular complexity index is 828. The van der Waals surface area contributed by atoms with E-state index in [0.717, 1.165) is 42.1 Å². The van der Waals surface area contributed by atoms with Gasteiger partial charge in [0, 0.05) is 35.3 Å². The molecule has 0 bridgehead atoms. The summed E-state index contributed by atoms with van der Waals surface area (Å²) >= 11 is 1.60. The van der Waals surface area contributed by atoms with Crippen molar-refractivity contribution in [3.8, 4) is 11.5 Å². The first-order valence-electron chi connectivity index (χ1n) is 8.74. The first-order chi connectivity index (χ1) is 13.8. The maximum Gasteiger partial charge on any atom is 0.387 e. The molecule has 0 spiro atoms. The van der Waals surface area contributed by atoms with Gasteiger partial charge < -0.3 is 14.8 Å². The van der Waals surface area contributed by atoms with E-state index in [0.29, 0.717) is 6.54 Å². The summed E-state index contributed by atoms with van der Waals surface area (Å²) in [6.45, 7) is -3.86. The van der Waals surface area contributed by atoms with Crippen molar-refractivity contribution in [1.29, 1.82) is 0 Å². The van der Waals surface area contributed by atoms with Crippen LogP contribution in [0.1, 0.15) is 29.1 Å². The maximum absolute atomic E-state index is 12.5. The predicted octanol–water partition coefficient (Wildman–Crippen LogP) is 4.81. The van der Waals surface area contributed by atoms with Crippen LogP contribution in [0.2, 0.25) is 0 Å². The van der Waals surface area contributed by atoms with Crippen LogP contribution >= 0.6 is 11.3 Å². The Labute approximate surface area is 169 Å². The number of aryl methyl sites for hydroxylation is 2. The first-order valence-corrected chi connectivity index (χ1v) is 9.62. The summed E-state index contributed by atoms with van der Waals surface area (Å²) < 4.78 is 58.1. The Hall–Kier alpha value is -2.62. The molecule has 0 unspecified atom stereocenters. The lowest BCUT2D eigenvalue weighted by Gasteiger charge is -2.11. The lowest BCUT2D eigenvalue weighted by molar-refractivity contribution is -0.116. The van der Waals surface area contributed by atoms with E-state index in [-0.39, 0.29) is 17.1 Å². The average molecular weight is 432 g/mol. The second kappa shape index (κ2) is 11.4. The number of benzene rings is 1. The highest BCUT2D eigenvalue weighted by atomic mass is 32.1. The SMILES string of the molecule is Cc1csc(CCCCNC(=O)/C=C/c2ccc(OC(F)F)cc2OC(F)F)n1. The summed E-state index contributed by atoms with van der Waals surface area (Å²) in [5, 5.41) is 5.73. The smallest absolute Gasteiger partial charge is 0.387 e. The molecule has 0 aliphatic carbocycles. The molecule has 0 aliphatic heterocycles. The van der Waals surface area contributed by atoms with Crippen molar-refractivity contribution >= 4 is 23.3 Å². The summed E-state index contributed by atoms with van der Waals surface area (Å²) in [5.74, 6) is -1.11. The molecule has 2 aromatic rings. The fourth-order valence-corrected chi connectivity index (χ4v) is 3.20. The van der Waals surface area contributed by atoms with E-state index in [2.05, 4.69) is 19.8 Å². The fraction of sp³-hybridized carbons (Fsp3) is 0.368. The van der Waals surface area contributed by atoms with Crippen LogP contribution in [-0.2, 0) is 11.2 Å². The summed E-state index contributed by atoms with van der Waals surface area (Å²) in [4.78, 5) is 16.2. The number of carbonyl (C=O) groups excluding carboxylic acids is 1. The largest absolute Gasteiger partial charge is 0.435 e. The highest BCUT2D eigenvalue weighted by Crippen LogP contribution is 2.28. The highest BCUT2D eigenvalue weighted by Gasteiger charge is 2.12. The van der Waals surface area contributed by atoms with Gasteiger partial charge in [-0.15, -0.1) is 11.3 Å². The standard InChI is InChI=1S/C19H20F4N2O3S/c1-12-11-29-17(25-12)4-2-3-9-24-16(26)8-6-13-5-7-14(27-18(20)21)10-15(13)28-19(22)23/h5-8,10-11,18-19H,2-4,9H2,1H3,(H,24,26)/b8-6+. The molecule has 0 saturated heterocycles. The van der Waals surface area contributed by atoms with E-state index in [1.807, 2.05) is 12.3 Å². The number of halogens is 4. The van der Waals surface area contributed by atoms with E-state index in [1.54, 1.807) is 11.3 Å². The van der Waals surface area contributed by atoms with Crippen LogP contribution in [0, 0.1) is 6.92 Å². The lowest BCUT2D eigenvalue weighted by Crippen LogP contribution is -2.22. The normalized spacial score (nSPS) is 11.4. The summed E-state index contributed by atoms with van der Waals surface area (Å²) in [6, 6.07) is 3.33. The van der Waals surface area contributed by atoms with Crippen molar-refractivity contribution in [1.82, 2.24) is 10.3 Å². The number of thiazole rings is 1. The van der Waals surface area contributed by atoms with Crippen LogP contribution in [0.4, 0.5) is 17.6 Å². The summed E-state index contributed by atoms with van der Waals surface area (Å²) in [7, 11) is 0. The molecular weight excluding hydrogens is 412 g/mol. The van der Waals surface area contributed by atoms with Crippen LogP contribution in [0.3, 0.4) is 0 Å². The van der Waals surface area contributed by atoms with Crippen LogP contribution in [0.25, 0.3) is 6.08 Å². The predicted molar refractivity (Wildman–Crippen MR) is 102 cm³/mol. The molecule has 1 aromatic carbocycles. The van der Waals surface area contributed by atoms with Crippen molar-refractivity contribution in [3.05, 3.63) is 45.9 Å². The second-order valence-corrected chi connectivity index (χ2v) is 6.86. The third-order valence-corrected chi connectivity index (χ3v) is 4.65. The minimum absolute atomic E-state index is 0.126. The Morgan fingerprint density at radius 3 is 2.62 bits per heavy atom. The van der Waals surface area contributed by atoms with Crippen LogP contribution in [-0.4, -0.2) is 30.7 Å². The molecule has 0 aliphatic rings. The van der Waals surface area contributed by atoms with Gasteiger partial charge >= 0.3 is 13.2 Å². The highest BCUT2D eigenvalue weighted by molar-refractivity contribution is 7.09. The average Bonchev–Trinajstić information content (AvgIpc) is 3.05. The number of nitrogens with one attached hydrogen (secondary N) is 1. The van der Waals surface area contributed by atoms with Gasteiger partial charge in [-0.1, -0.05) is 0 Å². The minimum atomic E-state index is -3.15. The summed E-state index contributed by atoms with van der Waals surface area (Å²) in [5.41, 5.74) is 1.12. The van der Waals surface area contributed by atoms with Gasteiger partial charge in [-0.2, -0.15) is 17.6 Å². The van der Waals surface area contributed by atoms with Gasteiger partial charge in [0.15, 0.2) is 0 Å². The molecule has 0 radical (unpaired) electrons. The van der Waals surface area contributed by atoms with Gasteiger partial charge in [0.2, 0.25) is 5.91 Å². The zero-order valence-electron chi connectivity index (χ0n) is 15.5. The number of alkyl halides is 4. The molecule has 5 nitrogen and oxygen atoms in total. The Morgan fingerprint density at radius 2 is 1.97 bits per heavy atom. The molecule has 158 valence electrons. The number of unbranched alkanes of at least 4 members (excludes halogenated alkanes) is 1. The number of carbonyl (C=O) groups is 1. The quantitative estimate of drug-likeness (QED) is 0.315. The van der Waals surface area contributed by atoms with Crippen molar-refractivity contribution in [2.24, 2.45) is 0 Å². The van der Waals surface area contributed by atoms with Crippen LogP contribution in [0.15, 0.2) is 29.7 Å². The van der Waals surface area contributed by atoms with Crippen LogP contribution in [0.5, 0.6) is 11.5 Å². The maximum atomic E-state index is 12.5. The first kappa shape index (κ1) is 22.7. The van der Waals surface area contributed by atoms with Gasteiger partial charge in [-0.05, 0) is 44.4 Å². The van der Waals surface area contributed by atoms with Gasteiger partial charge in [-0.3, -0.25) is 4.79 Å². The van der Waals surface area contributed by atoms with Crippen LogP contribution < -0.4 is 14.8 Å². The van der Waals surface area contributed by atoms with E-state index in [9.17, 15) is 22.4 Å². The molecule has 0 fully saturated rings. The molecule has 29 heavy (non-hydrogen) atoms. The van der Waals surface area contributed by atoms with Crippen molar-refractivity contribution in [3.63, 3.8) is 0 Å². The zero-order valence-corrected chi connectivity index (χ0v) is 16.4. The molecule has 1 heterocycles. The number of nitrogens with zero attached hydrogens (tertiary/aromatic N) is 1. The monoisotopic (exact) mass is 432 g/mol. The molecule has 1 amide bonds. The van der Waals surface area contributed by atoms with E-state index >= 15 is 0 Å². The number of ether oxygens (including phenoxy) is 2. The molecule has 10 heteroatoms. The Kier molecular flexibility index (Phi) is 8.91. The number of amides is 1. The van der Waals surface area contributed by atoms with Gasteiger partial charge in [0.25, 0.3) is 0 Å². The topological polar surface area (TPSA) is 60.5 Å². The molecule has 2 rings (SSSR count). The Morgan fingerprint density at radius 1 is 1.21 bits per heavy atom. The molecule has 0 saturated carbocycles. The van der Waals surface area contributed by atoms with Crippen molar-refractivity contribution in [2.75, 3.05) is 6.54 Å². The second-order valence-electron chi connectivity index (χ2n) is 5.92. The van der Waals surface area contributed by atoms with E-state index in [4.69, 9.17) is 0 Å². The molecule has 1 aromatic heterocycles. The van der Waals surface area contributed by atoms with Gasteiger partial charge in [-0.25, -0.2) is 4.98 Å². The minimum Gasteiger partial charge on any atom is -0.435 e. The molecular formula is C19H20F4N2O3S. The number of hydrogen-bond acceptors (Lipinski definition) is 5.